The molecule has 0 spiro atoms. The summed E-state index contributed by atoms with van der Waals surface area (Å²) in [6.45, 7) is 4.32. The highest BCUT2D eigenvalue weighted by molar-refractivity contribution is 5.87. The van der Waals surface area contributed by atoms with Gasteiger partial charge in [-0.15, -0.1) is 0 Å². The molecule has 1 heterocycles. The molecular weight excluding hydrogens is 208 g/mol. The Kier molecular flexibility index (Phi) is 4.29. The number of carbonyl (C=O) groups excluding carboxylic acids is 1. The summed E-state index contributed by atoms with van der Waals surface area (Å²) in [7, 11) is 0. The predicted molar refractivity (Wildman–Crippen MR) is 59.8 cm³/mol. The molecule has 1 amide bonds. The highest BCUT2D eigenvalue weighted by Crippen LogP contribution is 2.24. The zero-order chi connectivity index (χ0) is 12.3. The highest BCUT2D eigenvalue weighted by Gasteiger charge is 2.40. The zero-order valence-electron chi connectivity index (χ0n) is 9.85. The molecule has 92 valence electrons. The van der Waals surface area contributed by atoms with E-state index >= 15 is 0 Å². The Morgan fingerprint density at radius 3 is 2.69 bits per heavy atom. The third-order valence-electron chi connectivity index (χ3n) is 3.15. The van der Waals surface area contributed by atoms with Crippen LogP contribution in [0.5, 0.6) is 0 Å². The van der Waals surface area contributed by atoms with Crippen molar-refractivity contribution in [1.82, 2.24) is 4.90 Å². The van der Waals surface area contributed by atoms with Crippen molar-refractivity contribution < 1.29 is 14.7 Å². The third-order valence-corrected chi connectivity index (χ3v) is 3.15. The van der Waals surface area contributed by atoms with E-state index in [9.17, 15) is 9.59 Å². The number of carbonyl (C=O) groups is 2. The molecule has 5 nitrogen and oxygen atoms in total. The first-order valence-corrected chi connectivity index (χ1v) is 5.77. The van der Waals surface area contributed by atoms with E-state index in [1.165, 1.54) is 4.90 Å². The van der Waals surface area contributed by atoms with E-state index in [0.29, 0.717) is 13.0 Å². The van der Waals surface area contributed by atoms with Gasteiger partial charge in [-0.05, 0) is 18.8 Å². The lowest BCUT2D eigenvalue weighted by molar-refractivity contribution is -0.149. The van der Waals surface area contributed by atoms with Gasteiger partial charge in [-0.1, -0.05) is 20.3 Å². The average molecular weight is 228 g/mol. The quantitative estimate of drug-likeness (QED) is 0.731. The van der Waals surface area contributed by atoms with Gasteiger partial charge in [-0.25, -0.2) is 4.79 Å². The Morgan fingerprint density at radius 2 is 2.19 bits per heavy atom. The van der Waals surface area contributed by atoms with Gasteiger partial charge < -0.3 is 15.7 Å². The lowest BCUT2D eigenvalue weighted by Gasteiger charge is -2.26. The van der Waals surface area contributed by atoms with Gasteiger partial charge in [-0.2, -0.15) is 0 Å². The Bertz CT molecular complexity index is 280. The molecule has 0 aromatic carbocycles. The summed E-state index contributed by atoms with van der Waals surface area (Å²) in [6, 6.07) is -1.26. The van der Waals surface area contributed by atoms with Crippen LogP contribution < -0.4 is 5.73 Å². The number of carboxylic acids is 1. The minimum Gasteiger partial charge on any atom is -0.480 e. The molecule has 1 fully saturated rings. The maximum Gasteiger partial charge on any atom is 0.326 e. The molecule has 1 rings (SSSR count). The van der Waals surface area contributed by atoms with Crippen LogP contribution in [0.3, 0.4) is 0 Å². The van der Waals surface area contributed by atoms with E-state index in [1.807, 2.05) is 13.8 Å². The smallest absolute Gasteiger partial charge is 0.326 e. The van der Waals surface area contributed by atoms with Gasteiger partial charge in [0.05, 0.1) is 6.04 Å². The van der Waals surface area contributed by atoms with E-state index < -0.39 is 18.1 Å². The van der Waals surface area contributed by atoms with Crippen LogP contribution in [-0.4, -0.2) is 40.5 Å². The molecular formula is C11H20N2O3. The maximum atomic E-state index is 11.9. The van der Waals surface area contributed by atoms with Crippen molar-refractivity contribution in [3.63, 3.8) is 0 Å². The summed E-state index contributed by atoms with van der Waals surface area (Å²) >= 11 is 0. The van der Waals surface area contributed by atoms with E-state index in [1.54, 1.807) is 0 Å². The summed E-state index contributed by atoms with van der Waals surface area (Å²) in [5.41, 5.74) is 5.73. The van der Waals surface area contributed by atoms with Crippen molar-refractivity contribution in [2.45, 2.75) is 45.2 Å². The van der Waals surface area contributed by atoms with E-state index in [-0.39, 0.29) is 11.8 Å². The summed E-state index contributed by atoms with van der Waals surface area (Å²) < 4.78 is 0. The number of aliphatic carboxylic acids is 1. The Hall–Kier alpha value is -1.10. The fourth-order valence-electron chi connectivity index (χ4n) is 2.22. The molecule has 16 heavy (non-hydrogen) atoms. The van der Waals surface area contributed by atoms with Crippen molar-refractivity contribution in [2.75, 3.05) is 6.54 Å². The number of likely N-dealkylation sites (tertiary alicyclic amines) is 1. The van der Waals surface area contributed by atoms with Crippen LogP contribution in [0.15, 0.2) is 0 Å². The number of rotatable bonds is 4. The molecule has 0 radical (unpaired) electrons. The number of hydrogen-bond donors (Lipinski definition) is 2. The van der Waals surface area contributed by atoms with E-state index in [0.717, 1.165) is 12.8 Å². The Balaban J connectivity index is 2.72. The average Bonchev–Trinajstić information content (AvgIpc) is 2.59. The topological polar surface area (TPSA) is 83.6 Å². The summed E-state index contributed by atoms with van der Waals surface area (Å²) in [5, 5.41) is 9.08. The summed E-state index contributed by atoms with van der Waals surface area (Å²) in [6.07, 6.45) is 2.17. The van der Waals surface area contributed by atoms with Crippen molar-refractivity contribution in [1.29, 1.82) is 0 Å². The number of amides is 1. The summed E-state index contributed by atoms with van der Waals surface area (Å²) in [5.74, 6) is -1.14. The molecule has 1 saturated heterocycles. The standard InChI is InChI=1S/C11H20N2O3/c1-3-4-8(12)10(14)13-6-5-7(2)9(13)11(15)16/h7-9H,3-6,12H2,1-2H3,(H,15,16)/t7?,8-,9?/m1/s1. The zero-order valence-corrected chi connectivity index (χ0v) is 9.85. The number of nitrogens with zero attached hydrogens (tertiary/aromatic N) is 1. The molecule has 0 saturated carbocycles. The first-order valence-electron chi connectivity index (χ1n) is 5.77. The van der Waals surface area contributed by atoms with Gasteiger partial charge in [0.15, 0.2) is 0 Å². The Morgan fingerprint density at radius 1 is 1.56 bits per heavy atom. The molecule has 3 N–H and O–H groups in total. The van der Waals surface area contributed by atoms with Crippen LogP contribution in [0, 0.1) is 5.92 Å². The molecule has 1 aliphatic rings. The van der Waals surface area contributed by atoms with Gasteiger partial charge in [0.25, 0.3) is 0 Å². The van der Waals surface area contributed by atoms with Crippen molar-refractivity contribution >= 4 is 11.9 Å². The monoisotopic (exact) mass is 228 g/mol. The molecule has 2 unspecified atom stereocenters. The van der Waals surface area contributed by atoms with Crippen molar-refractivity contribution in [3.8, 4) is 0 Å². The van der Waals surface area contributed by atoms with Gasteiger partial charge >= 0.3 is 5.97 Å². The minimum atomic E-state index is -0.929. The number of carboxylic acid groups (broad SMARTS) is 1. The maximum absolute atomic E-state index is 11.9. The van der Waals surface area contributed by atoms with Crippen LogP contribution in [0.4, 0.5) is 0 Å². The molecule has 0 aromatic heterocycles. The van der Waals surface area contributed by atoms with Crippen LogP contribution in [-0.2, 0) is 9.59 Å². The fourth-order valence-corrected chi connectivity index (χ4v) is 2.22. The molecule has 0 bridgehead atoms. The second kappa shape index (κ2) is 5.30. The fraction of sp³-hybridized carbons (Fsp3) is 0.818. The van der Waals surface area contributed by atoms with Gasteiger partial charge in [-0.3, -0.25) is 4.79 Å². The number of hydrogen-bond acceptors (Lipinski definition) is 3. The van der Waals surface area contributed by atoms with E-state index in [2.05, 4.69) is 0 Å². The second-order valence-electron chi connectivity index (χ2n) is 4.48. The van der Waals surface area contributed by atoms with E-state index in [4.69, 9.17) is 10.8 Å². The van der Waals surface area contributed by atoms with Crippen molar-refractivity contribution in [2.24, 2.45) is 11.7 Å². The van der Waals surface area contributed by atoms with Crippen LogP contribution in [0.2, 0.25) is 0 Å². The molecule has 5 heteroatoms. The lowest BCUT2D eigenvalue weighted by Crippen LogP contribution is -2.49. The SMILES string of the molecule is CCC[C@@H](N)C(=O)N1CCC(C)C1C(=O)O. The summed E-state index contributed by atoms with van der Waals surface area (Å²) in [4.78, 5) is 24.4. The first kappa shape index (κ1) is 13.0. The minimum absolute atomic E-state index is 0.00952. The van der Waals surface area contributed by atoms with Crippen LogP contribution in [0.1, 0.15) is 33.1 Å². The Labute approximate surface area is 95.6 Å². The molecule has 1 aliphatic heterocycles. The van der Waals surface area contributed by atoms with Gasteiger partial charge in [0.2, 0.25) is 5.91 Å². The largest absolute Gasteiger partial charge is 0.480 e. The lowest BCUT2D eigenvalue weighted by atomic mass is 10.0. The second-order valence-corrected chi connectivity index (χ2v) is 4.48. The van der Waals surface area contributed by atoms with Gasteiger partial charge in [0, 0.05) is 6.54 Å². The first-order chi connectivity index (χ1) is 7.49. The normalized spacial score (nSPS) is 26.8. The molecule has 3 atom stereocenters. The predicted octanol–water partition coefficient (Wildman–Crippen LogP) is 0.435. The van der Waals surface area contributed by atoms with Gasteiger partial charge in [0.1, 0.15) is 6.04 Å². The third kappa shape index (κ3) is 2.52. The molecule has 0 aromatic rings. The highest BCUT2D eigenvalue weighted by atomic mass is 16.4. The number of nitrogens with two attached hydrogens (primary N) is 1. The molecule has 0 aliphatic carbocycles. The van der Waals surface area contributed by atoms with Crippen molar-refractivity contribution in [3.05, 3.63) is 0 Å². The van der Waals surface area contributed by atoms with Crippen LogP contribution >= 0.6 is 0 Å². The van der Waals surface area contributed by atoms with Crippen LogP contribution in [0.25, 0.3) is 0 Å².